The van der Waals surface area contributed by atoms with Crippen LogP contribution in [0.3, 0.4) is 0 Å². The van der Waals surface area contributed by atoms with Crippen LogP contribution in [0, 0.1) is 0 Å². The molecule has 0 spiro atoms. The zero-order valence-corrected chi connectivity index (χ0v) is 22.2. The average molecular weight is 521 g/mol. The Morgan fingerprint density at radius 1 is 1.08 bits per heavy atom. The number of fused-ring (bicyclic) bond motifs is 1. The maximum Gasteiger partial charge on any atom is 0.295 e. The average Bonchev–Trinajstić information content (AvgIpc) is 3.43. The topological polar surface area (TPSA) is 88.5 Å². The molecule has 0 aromatic heterocycles. The number of hydrogen-bond acceptors (Lipinski definition) is 7. The Bertz CT molecular complexity index is 1200. The van der Waals surface area contributed by atoms with Crippen LogP contribution in [0.1, 0.15) is 49.4 Å². The Morgan fingerprint density at radius 2 is 1.84 bits per heavy atom. The van der Waals surface area contributed by atoms with E-state index >= 15 is 0 Å². The van der Waals surface area contributed by atoms with E-state index in [9.17, 15) is 14.7 Å². The summed E-state index contributed by atoms with van der Waals surface area (Å²) in [6.45, 7) is 9.02. The van der Waals surface area contributed by atoms with Crippen molar-refractivity contribution in [1.82, 2.24) is 9.80 Å². The van der Waals surface area contributed by atoms with Gasteiger partial charge in [0.15, 0.2) is 0 Å². The SMILES string of the molecule is CCCOc1ccc(C2/C(=C(\O)c3ccc4c(c3)CC(C)O4)C(=O)C(=O)N2CCCN2CCOCC2)cc1. The van der Waals surface area contributed by atoms with Gasteiger partial charge in [-0.25, -0.2) is 0 Å². The van der Waals surface area contributed by atoms with Gasteiger partial charge in [-0.15, -0.1) is 0 Å². The van der Waals surface area contributed by atoms with Crippen molar-refractivity contribution in [3.63, 3.8) is 0 Å². The summed E-state index contributed by atoms with van der Waals surface area (Å²) in [4.78, 5) is 30.6. The Morgan fingerprint density at radius 3 is 2.58 bits per heavy atom. The Balaban J connectivity index is 1.46. The number of Topliss-reactive ketones (excluding diaryl/α,β-unsaturated/α-hetero) is 1. The number of benzene rings is 2. The lowest BCUT2D eigenvalue weighted by Gasteiger charge is -2.29. The van der Waals surface area contributed by atoms with Crippen LogP contribution >= 0.6 is 0 Å². The molecule has 5 rings (SSSR count). The molecule has 3 heterocycles. The van der Waals surface area contributed by atoms with Gasteiger partial charge in [0.2, 0.25) is 0 Å². The van der Waals surface area contributed by atoms with E-state index in [2.05, 4.69) is 4.90 Å². The molecular weight excluding hydrogens is 484 g/mol. The van der Waals surface area contributed by atoms with Crippen molar-refractivity contribution in [2.24, 2.45) is 0 Å². The van der Waals surface area contributed by atoms with Gasteiger partial charge >= 0.3 is 0 Å². The van der Waals surface area contributed by atoms with Gasteiger partial charge in [0.25, 0.3) is 11.7 Å². The molecule has 2 atom stereocenters. The summed E-state index contributed by atoms with van der Waals surface area (Å²) in [5.41, 5.74) is 2.38. The predicted molar refractivity (Wildman–Crippen MR) is 143 cm³/mol. The number of hydrogen-bond donors (Lipinski definition) is 1. The van der Waals surface area contributed by atoms with Crippen LogP contribution in [0.2, 0.25) is 0 Å². The van der Waals surface area contributed by atoms with Crippen molar-refractivity contribution in [2.75, 3.05) is 46.0 Å². The van der Waals surface area contributed by atoms with Crippen molar-refractivity contribution in [2.45, 2.75) is 45.3 Å². The number of ketones is 1. The second-order valence-electron chi connectivity index (χ2n) is 10.2. The fourth-order valence-corrected chi connectivity index (χ4v) is 5.44. The van der Waals surface area contributed by atoms with Gasteiger partial charge in [0.1, 0.15) is 23.4 Å². The summed E-state index contributed by atoms with van der Waals surface area (Å²) in [6, 6.07) is 12.2. The smallest absolute Gasteiger partial charge is 0.295 e. The fraction of sp³-hybridized carbons (Fsp3) is 0.467. The Hall–Kier alpha value is -3.36. The second kappa shape index (κ2) is 11.6. The molecule has 0 radical (unpaired) electrons. The van der Waals surface area contributed by atoms with E-state index in [1.54, 1.807) is 11.0 Å². The summed E-state index contributed by atoms with van der Waals surface area (Å²) in [5.74, 6) is 0.125. The van der Waals surface area contributed by atoms with E-state index in [4.69, 9.17) is 14.2 Å². The summed E-state index contributed by atoms with van der Waals surface area (Å²) in [6.07, 6.45) is 2.41. The summed E-state index contributed by atoms with van der Waals surface area (Å²) in [7, 11) is 0. The lowest BCUT2D eigenvalue weighted by atomic mass is 9.94. The zero-order valence-electron chi connectivity index (χ0n) is 22.2. The molecule has 202 valence electrons. The Labute approximate surface area is 223 Å². The molecule has 3 aliphatic heterocycles. The maximum absolute atomic E-state index is 13.4. The first-order valence-corrected chi connectivity index (χ1v) is 13.6. The molecule has 2 aromatic carbocycles. The first kappa shape index (κ1) is 26.3. The highest BCUT2D eigenvalue weighted by molar-refractivity contribution is 6.46. The fourth-order valence-electron chi connectivity index (χ4n) is 5.44. The summed E-state index contributed by atoms with van der Waals surface area (Å²) < 4.78 is 17.0. The number of rotatable bonds is 9. The number of carbonyl (C=O) groups excluding carboxylic acids is 2. The minimum absolute atomic E-state index is 0.0629. The van der Waals surface area contributed by atoms with E-state index in [1.165, 1.54) is 0 Å². The first-order chi connectivity index (χ1) is 18.5. The highest BCUT2D eigenvalue weighted by Gasteiger charge is 2.46. The third-order valence-electron chi connectivity index (χ3n) is 7.36. The van der Waals surface area contributed by atoms with Gasteiger partial charge in [-0.05, 0) is 61.2 Å². The van der Waals surface area contributed by atoms with Crippen LogP contribution in [0.4, 0.5) is 0 Å². The van der Waals surface area contributed by atoms with Crippen molar-refractivity contribution < 1.29 is 28.9 Å². The van der Waals surface area contributed by atoms with E-state index < -0.39 is 17.7 Å². The highest BCUT2D eigenvalue weighted by Crippen LogP contribution is 2.41. The third kappa shape index (κ3) is 5.42. The van der Waals surface area contributed by atoms with Crippen molar-refractivity contribution in [1.29, 1.82) is 0 Å². The normalized spacial score (nSPS) is 22.9. The molecule has 2 fully saturated rings. The minimum atomic E-state index is -0.677. The molecular formula is C30H36N2O6. The van der Waals surface area contributed by atoms with Crippen LogP contribution in [0.15, 0.2) is 48.0 Å². The molecule has 3 aliphatic rings. The van der Waals surface area contributed by atoms with Crippen LogP contribution in [0.5, 0.6) is 11.5 Å². The number of aliphatic hydroxyl groups is 1. The molecule has 0 saturated carbocycles. The predicted octanol–water partition coefficient (Wildman–Crippen LogP) is 3.94. The van der Waals surface area contributed by atoms with Gasteiger partial charge in [-0.1, -0.05) is 19.1 Å². The van der Waals surface area contributed by atoms with Crippen molar-refractivity contribution >= 4 is 17.4 Å². The zero-order chi connectivity index (χ0) is 26.6. The lowest BCUT2D eigenvalue weighted by Crippen LogP contribution is -2.38. The molecule has 38 heavy (non-hydrogen) atoms. The van der Waals surface area contributed by atoms with Crippen molar-refractivity contribution in [3.05, 3.63) is 64.7 Å². The van der Waals surface area contributed by atoms with Gasteiger partial charge in [0.05, 0.1) is 31.4 Å². The molecule has 1 amide bonds. The number of likely N-dealkylation sites (tertiary alicyclic amines) is 1. The lowest BCUT2D eigenvalue weighted by molar-refractivity contribution is -0.140. The Kier molecular flexibility index (Phi) is 8.00. The van der Waals surface area contributed by atoms with E-state index in [1.807, 2.05) is 50.2 Å². The standard InChI is InChI=1S/C30H36N2O6/c1-3-15-37-24-8-5-21(6-9-24)27-26(28(33)22-7-10-25-23(19-22)18-20(2)38-25)29(34)30(35)32(27)12-4-11-31-13-16-36-17-14-31/h5-10,19-20,27,33H,3-4,11-18H2,1-2H3/b28-26+. The van der Waals surface area contributed by atoms with Crippen LogP contribution < -0.4 is 9.47 Å². The van der Waals surface area contributed by atoms with Gasteiger partial charge in [-0.3, -0.25) is 14.5 Å². The monoisotopic (exact) mass is 520 g/mol. The molecule has 0 aliphatic carbocycles. The highest BCUT2D eigenvalue weighted by atomic mass is 16.5. The molecule has 2 aromatic rings. The first-order valence-electron chi connectivity index (χ1n) is 13.6. The van der Waals surface area contributed by atoms with Crippen LogP contribution in [0.25, 0.3) is 5.76 Å². The summed E-state index contributed by atoms with van der Waals surface area (Å²) >= 11 is 0. The summed E-state index contributed by atoms with van der Waals surface area (Å²) in [5, 5.41) is 11.4. The molecule has 2 unspecified atom stereocenters. The number of morpholine rings is 1. The second-order valence-corrected chi connectivity index (χ2v) is 10.2. The van der Waals surface area contributed by atoms with E-state index in [0.717, 1.165) is 61.5 Å². The van der Waals surface area contributed by atoms with Gasteiger partial charge in [0, 0.05) is 38.2 Å². The van der Waals surface area contributed by atoms with E-state index in [0.29, 0.717) is 31.9 Å². The van der Waals surface area contributed by atoms with Crippen molar-refractivity contribution in [3.8, 4) is 11.5 Å². The molecule has 8 heteroatoms. The van der Waals surface area contributed by atoms with Gasteiger partial charge < -0.3 is 24.2 Å². The number of nitrogens with zero attached hydrogens (tertiary/aromatic N) is 2. The quantitative estimate of drug-likeness (QED) is 0.304. The van der Waals surface area contributed by atoms with Crippen LogP contribution in [-0.2, 0) is 20.7 Å². The van der Waals surface area contributed by atoms with Crippen LogP contribution in [-0.4, -0.2) is 78.7 Å². The largest absolute Gasteiger partial charge is 0.507 e. The maximum atomic E-state index is 13.4. The minimum Gasteiger partial charge on any atom is -0.507 e. The van der Waals surface area contributed by atoms with E-state index in [-0.39, 0.29) is 17.4 Å². The molecule has 1 N–H and O–H groups in total. The molecule has 8 nitrogen and oxygen atoms in total. The number of amides is 1. The number of carbonyl (C=O) groups is 2. The van der Waals surface area contributed by atoms with Gasteiger partial charge in [-0.2, -0.15) is 0 Å². The molecule has 0 bridgehead atoms. The third-order valence-corrected chi connectivity index (χ3v) is 7.36. The number of ether oxygens (including phenoxy) is 3. The number of aliphatic hydroxyl groups excluding tert-OH is 1. The molecule has 2 saturated heterocycles.